The maximum atomic E-state index is 14.5. The zero-order valence-corrected chi connectivity index (χ0v) is 59.6. The average molecular weight is 1670 g/mol. The molecule has 5 saturated heterocycles. The van der Waals surface area contributed by atoms with Crippen molar-refractivity contribution in [1.82, 2.24) is 87.6 Å². The van der Waals surface area contributed by atoms with Crippen molar-refractivity contribution in [3.05, 3.63) is 95.8 Å². The van der Waals surface area contributed by atoms with Gasteiger partial charge in [-0.25, -0.2) is 53.0 Å². The SMILES string of the molecule is Nc1nc2c(ncn2[C@@H]2O[C@H](COP(=O)(O)O[C@H]3[C@@H](O)[C@H](n4cnc5c(N)ncnc54)O[C@@H]3CO[P+](=O)O)[C@@H](OP(=O)(O)OC[C@H]3O[C@@H](n4cnc5c(=O)[nH]c(N)nc54)[C@H](O)[C@@H]3OP(=O)(O)OC[C@H]3O[C@@H](n4cnc5c(=O)[nH]c(N)nc54)[C@H](O)[C@@H]3OP(=O)(O)OC[C@H]3O[C@@H](n4ccc(=O)[nH]c4=O)[C@H](O)[C@@H]3O)[C@H]2O)c(=O)[nH]1. The highest BCUT2D eigenvalue weighted by molar-refractivity contribution is 7.48. The molecule has 0 radical (unpaired) electrons. The predicted octanol–water partition coefficient (Wildman–Crippen LogP) is -7.57. The van der Waals surface area contributed by atoms with Crippen LogP contribution in [0.5, 0.6) is 0 Å². The molecule has 14 rings (SSSR count). The summed E-state index contributed by atoms with van der Waals surface area (Å²) in [4.78, 5) is 162. The van der Waals surface area contributed by atoms with Crippen molar-refractivity contribution in [2.45, 2.75) is 123 Å². The Morgan fingerprint density at radius 3 is 1.11 bits per heavy atom. The molecule has 600 valence electrons. The molecule has 62 heteroatoms. The second-order valence-electron chi connectivity index (χ2n) is 24.6. The van der Waals surface area contributed by atoms with Gasteiger partial charge in [0, 0.05) is 16.8 Å². The molecular formula is C49H60N22O35P5+. The van der Waals surface area contributed by atoms with Gasteiger partial charge in [0.15, 0.2) is 76.1 Å². The summed E-state index contributed by atoms with van der Waals surface area (Å²) in [5.74, 6) is -1.62. The van der Waals surface area contributed by atoms with E-state index in [2.05, 4.69) is 59.8 Å². The van der Waals surface area contributed by atoms with Crippen LogP contribution in [0, 0.1) is 0 Å². The number of phosphoric acid groups is 4. The molecular weight excluding hydrogens is 1610 g/mol. The van der Waals surface area contributed by atoms with Crippen LogP contribution in [0.15, 0.2) is 67.9 Å². The van der Waals surface area contributed by atoms with Gasteiger partial charge in [-0.3, -0.25) is 98.1 Å². The molecule has 111 heavy (non-hydrogen) atoms. The Hall–Kier alpha value is -8.50. The van der Waals surface area contributed by atoms with Crippen LogP contribution in [0.25, 0.3) is 44.7 Å². The van der Waals surface area contributed by atoms with Gasteiger partial charge in [0.25, 0.3) is 22.2 Å². The highest BCUT2D eigenvalue weighted by Gasteiger charge is 2.57. The van der Waals surface area contributed by atoms with Gasteiger partial charge in [-0.15, -0.1) is 9.42 Å². The molecule has 14 heterocycles. The molecule has 5 unspecified atom stereocenters. The van der Waals surface area contributed by atoms with Crippen molar-refractivity contribution in [3.63, 3.8) is 0 Å². The van der Waals surface area contributed by atoms with E-state index in [4.69, 9.17) is 87.3 Å². The molecule has 5 aliphatic heterocycles. The summed E-state index contributed by atoms with van der Waals surface area (Å²) < 4.78 is 150. The number of hydrogen-bond donors (Lipinski definition) is 19. The fourth-order valence-corrected chi connectivity index (χ4v) is 16.7. The minimum Gasteiger partial charge on any atom is -0.387 e. The summed E-state index contributed by atoms with van der Waals surface area (Å²) in [5, 5.41) is 69.1. The molecule has 9 aromatic rings. The number of fused-ring (bicyclic) bond motifs is 4. The third kappa shape index (κ3) is 15.9. The summed E-state index contributed by atoms with van der Waals surface area (Å²) in [6.07, 6.45) is -35.0. The van der Waals surface area contributed by atoms with Gasteiger partial charge in [-0.05, 0) is 0 Å². The van der Waals surface area contributed by atoms with Crippen molar-refractivity contribution in [2.24, 2.45) is 0 Å². The molecule has 9 aromatic heterocycles. The van der Waals surface area contributed by atoms with Crippen LogP contribution >= 0.6 is 39.5 Å². The molecule has 0 amide bonds. The van der Waals surface area contributed by atoms with Gasteiger partial charge in [0.2, 0.25) is 17.8 Å². The molecule has 0 aromatic carbocycles. The molecule has 0 aliphatic carbocycles. The lowest BCUT2D eigenvalue weighted by molar-refractivity contribution is -0.0646. The van der Waals surface area contributed by atoms with Crippen LogP contribution in [0.2, 0.25) is 0 Å². The summed E-state index contributed by atoms with van der Waals surface area (Å²) >= 11 is 0. The fraction of sp³-hybridized carbons (Fsp3) is 0.510. The second-order valence-corrected chi connectivity index (χ2v) is 30.9. The number of H-pyrrole nitrogens is 4. The summed E-state index contributed by atoms with van der Waals surface area (Å²) in [5.41, 5.74) is 16.2. The summed E-state index contributed by atoms with van der Waals surface area (Å²) in [6, 6.07) is 0.879. The minimum atomic E-state index is -5.96. The van der Waals surface area contributed by atoms with Crippen molar-refractivity contribution in [3.8, 4) is 0 Å². The van der Waals surface area contributed by atoms with E-state index in [9.17, 15) is 102 Å². The molecule has 5 fully saturated rings. The Morgan fingerprint density at radius 2 is 0.748 bits per heavy atom. The number of nitrogen functional groups attached to an aromatic ring is 4. The number of aliphatic hydroxyl groups is 6. The van der Waals surface area contributed by atoms with E-state index in [1.807, 2.05) is 4.98 Å². The van der Waals surface area contributed by atoms with Gasteiger partial charge in [0.1, 0.15) is 110 Å². The van der Waals surface area contributed by atoms with Crippen molar-refractivity contribution in [1.29, 1.82) is 0 Å². The first kappa shape index (κ1) is 79.2. The van der Waals surface area contributed by atoms with Crippen LogP contribution in [-0.4, -0.2) is 267 Å². The van der Waals surface area contributed by atoms with E-state index in [0.29, 0.717) is 4.57 Å². The van der Waals surface area contributed by atoms with Crippen LogP contribution in [0.1, 0.15) is 31.1 Å². The zero-order valence-electron chi connectivity index (χ0n) is 55.1. The average Bonchev–Trinajstić information content (AvgIpc) is 1.62. The second kappa shape index (κ2) is 30.4. The molecule has 25 atom stereocenters. The van der Waals surface area contributed by atoms with E-state index in [1.54, 1.807) is 0 Å². The van der Waals surface area contributed by atoms with Gasteiger partial charge >= 0.3 is 45.2 Å². The van der Waals surface area contributed by atoms with E-state index < -0.39 is 269 Å². The maximum absolute atomic E-state index is 14.5. The van der Waals surface area contributed by atoms with E-state index in [-0.39, 0.29) is 22.6 Å². The standard InChI is InChI=1S/C49H59N22O35P5/c50-33-19-34(55-8-54-33)68(9-56-19)42-25(75)29(14(99-42)3-93-107(83)84)103-109(87,88)95-5-16-31(27(77)44(101-16)70-11-58-21-36(70)62-47(52)65-39(21)80)105-111(91,92)97-7-17-32(28(78)45(102-17)71-12-59-22-37(71)63-48(53)66-40(22)81)106-110(89,90)96-6-15-30(26(76)43(100-15)69-10-57-20-35(69)61-46(51)64-38(20)79)104-108(85,86)94-4-13-23(73)24(74)41(98-13)67-2-1-18(72)60-49(67)82/h1-2,8-17,23-32,41-45,73-78H,3-7H2,(H16-,50,51,52,53,54,55,60,61,62,63,64,65,66,72,79,80,81,82,83,84,85,86,87,88,89,90,91,92)/p+1/t13-,14-,15-,16-,17-,23-,24-,25-,26-,27-,28-,29-,30-,31-,32-,41-,42-,43-,44-,45-/m1/s1. The maximum Gasteiger partial charge on any atom is 0.694 e. The van der Waals surface area contributed by atoms with Gasteiger partial charge in [-0.2, -0.15) is 15.0 Å². The van der Waals surface area contributed by atoms with E-state index in [1.165, 1.54) is 0 Å². The highest BCUT2D eigenvalue weighted by Crippen LogP contribution is 2.56. The predicted molar refractivity (Wildman–Crippen MR) is 353 cm³/mol. The highest BCUT2D eigenvalue weighted by atomic mass is 31.2. The third-order valence-electron chi connectivity index (χ3n) is 17.5. The molecule has 0 bridgehead atoms. The number of anilines is 4. The number of ether oxygens (including phenoxy) is 5. The molecule has 57 nitrogen and oxygen atoms in total. The number of nitrogens with two attached hydrogens (primary N) is 4. The number of nitrogens with one attached hydrogen (secondary N) is 4. The largest absolute Gasteiger partial charge is 0.694 e. The van der Waals surface area contributed by atoms with Crippen LogP contribution < -0.4 is 50.9 Å². The first-order chi connectivity index (χ1) is 52.4. The molecule has 0 saturated carbocycles. The van der Waals surface area contributed by atoms with Gasteiger partial charge in [-0.1, -0.05) is 0 Å². The molecule has 0 spiro atoms. The first-order valence-electron chi connectivity index (χ1n) is 31.6. The summed E-state index contributed by atoms with van der Waals surface area (Å²) in [7, 11) is -26.7. The lowest BCUT2D eigenvalue weighted by atomic mass is 10.1. The normalized spacial score (nSPS) is 31.4. The number of imidazole rings is 4. The smallest absolute Gasteiger partial charge is 0.387 e. The fourth-order valence-electron chi connectivity index (χ4n) is 12.6. The van der Waals surface area contributed by atoms with Crippen molar-refractivity contribution >= 4 is 108 Å². The monoisotopic (exact) mass is 1670 g/mol. The Labute approximate surface area is 610 Å². The Morgan fingerprint density at radius 1 is 0.423 bits per heavy atom. The number of hydrogen-bond acceptors (Lipinski definition) is 43. The lowest BCUT2D eigenvalue weighted by Gasteiger charge is -2.27. The quantitative estimate of drug-likeness (QED) is 0.0203. The Balaban J connectivity index is 0.711. The zero-order chi connectivity index (χ0) is 79.4. The summed E-state index contributed by atoms with van der Waals surface area (Å²) in [6.45, 7) is -6.16. The Kier molecular flexibility index (Phi) is 21.7. The van der Waals surface area contributed by atoms with E-state index >= 15 is 0 Å². The third-order valence-corrected chi connectivity index (χ3v) is 21.8. The van der Waals surface area contributed by atoms with Crippen LogP contribution in [-0.2, 0) is 87.2 Å². The topological polar surface area (TPSA) is 830 Å². The Bertz CT molecular complexity index is 5590. The first-order valence-corrected chi connectivity index (χ1v) is 38.7. The molecule has 5 aliphatic rings. The number of phosphoric ester groups is 4. The van der Waals surface area contributed by atoms with E-state index in [0.717, 1.165) is 62.2 Å². The lowest BCUT2D eigenvalue weighted by Crippen LogP contribution is -2.38. The number of aromatic amines is 4. The van der Waals surface area contributed by atoms with Gasteiger partial charge in [0.05, 0.1) is 51.7 Å². The number of aromatic nitrogens is 18. The minimum absolute atomic E-state index is 0.0194. The van der Waals surface area contributed by atoms with Crippen molar-refractivity contribution < 1.29 is 142 Å². The number of rotatable bonds is 28. The number of nitrogens with zero attached hydrogens (tertiary/aromatic N) is 14. The van der Waals surface area contributed by atoms with Crippen LogP contribution in [0.3, 0.4) is 0 Å². The van der Waals surface area contributed by atoms with Crippen molar-refractivity contribution in [2.75, 3.05) is 56.0 Å². The number of aliphatic hydroxyl groups excluding tert-OH is 6. The van der Waals surface area contributed by atoms with Gasteiger partial charge < -0.3 is 96.8 Å². The van der Waals surface area contributed by atoms with Crippen LogP contribution in [0.4, 0.5) is 23.7 Å². The molecule has 23 N–H and O–H groups in total.